The van der Waals surface area contributed by atoms with E-state index in [0.29, 0.717) is 13.0 Å². The molecule has 0 spiro atoms. The third-order valence-electron chi connectivity index (χ3n) is 3.04. The van der Waals surface area contributed by atoms with Crippen molar-refractivity contribution >= 4 is 17.3 Å². The van der Waals surface area contributed by atoms with E-state index in [2.05, 4.69) is 0 Å². The van der Waals surface area contributed by atoms with Gasteiger partial charge in [-0.1, -0.05) is 31.2 Å². The molecule has 0 saturated heterocycles. The minimum Gasteiger partial charge on any atom is -0.493 e. The van der Waals surface area contributed by atoms with E-state index >= 15 is 0 Å². The molecule has 3 nitrogen and oxygen atoms in total. The van der Waals surface area contributed by atoms with E-state index in [1.165, 1.54) is 11.3 Å². The summed E-state index contributed by atoms with van der Waals surface area (Å²) < 4.78 is 5.69. The van der Waals surface area contributed by atoms with Crippen molar-refractivity contribution in [2.24, 2.45) is 0 Å². The zero-order chi connectivity index (χ0) is 14.4. The molecule has 20 heavy (non-hydrogen) atoms. The van der Waals surface area contributed by atoms with Gasteiger partial charge < -0.3 is 9.84 Å². The number of ether oxygens (including phenoxy) is 1. The Bertz CT molecular complexity index is 549. The SMILES string of the molecule is CCCOc1ccccc1CC(C(=O)O)c1cccs1. The van der Waals surface area contributed by atoms with Crippen molar-refractivity contribution in [3.63, 3.8) is 0 Å². The molecule has 2 aromatic rings. The average molecular weight is 290 g/mol. The number of aliphatic carboxylic acids is 1. The Balaban J connectivity index is 2.21. The maximum Gasteiger partial charge on any atom is 0.312 e. The second-order valence-corrected chi connectivity index (χ2v) is 5.55. The van der Waals surface area contributed by atoms with Gasteiger partial charge >= 0.3 is 5.97 Å². The van der Waals surface area contributed by atoms with Crippen LogP contribution in [-0.2, 0) is 11.2 Å². The van der Waals surface area contributed by atoms with Gasteiger partial charge in [-0.15, -0.1) is 11.3 Å². The van der Waals surface area contributed by atoms with E-state index in [9.17, 15) is 9.90 Å². The van der Waals surface area contributed by atoms with Gasteiger partial charge in [0.2, 0.25) is 0 Å². The topological polar surface area (TPSA) is 46.5 Å². The molecule has 1 aromatic carbocycles. The Kier molecular flexibility index (Phi) is 5.18. The maximum atomic E-state index is 11.5. The molecule has 1 aromatic heterocycles. The smallest absolute Gasteiger partial charge is 0.312 e. The van der Waals surface area contributed by atoms with Gasteiger partial charge in [-0.2, -0.15) is 0 Å². The number of benzene rings is 1. The summed E-state index contributed by atoms with van der Waals surface area (Å²) in [7, 11) is 0. The van der Waals surface area contributed by atoms with Crippen molar-refractivity contribution in [2.75, 3.05) is 6.61 Å². The summed E-state index contributed by atoms with van der Waals surface area (Å²) in [6.45, 7) is 2.70. The van der Waals surface area contributed by atoms with Crippen molar-refractivity contribution in [3.05, 3.63) is 52.2 Å². The van der Waals surface area contributed by atoms with Crippen LogP contribution in [0.2, 0.25) is 0 Å². The summed E-state index contributed by atoms with van der Waals surface area (Å²) in [6.07, 6.45) is 1.39. The minimum atomic E-state index is -0.794. The van der Waals surface area contributed by atoms with Gasteiger partial charge in [-0.3, -0.25) is 4.79 Å². The lowest BCUT2D eigenvalue weighted by molar-refractivity contribution is -0.138. The fourth-order valence-electron chi connectivity index (χ4n) is 2.04. The van der Waals surface area contributed by atoms with E-state index in [4.69, 9.17) is 4.74 Å². The molecule has 0 aliphatic heterocycles. The first-order chi connectivity index (χ1) is 9.72. The van der Waals surface area contributed by atoms with Crippen LogP contribution in [0.15, 0.2) is 41.8 Å². The van der Waals surface area contributed by atoms with Crippen molar-refractivity contribution in [2.45, 2.75) is 25.7 Å². The van der Waals surface area contributed by atoms with Gasteiger partial charge in [0, 0.05) is 4.88 Å². The van der Waals surface area contributed by atoms with Crippen molar-refractivity contribution < 1.29 is 14.6 Å². The highest BCUT2D eigenvalue weighted by Gasteiger charge is 2.22. The largest absolute Gasteiger partial charge is 0.493 e. The van der Waals surface area contributed by atoms with Crippen LogP contribution in [0.25, 0.3) is 0 Å². The zero-order valence-corrected chi connectivity index (χ0v) is 12.2. The number of hydrogen-bond donors (Lipinski definition) is 1. The number of para-hydroxylation sites is 1. The van der Waals surface area contributed by atoms with Crippen LogP contribution in [0.3, 0.4) is 0 Å². The first-order valence-electron chi connectivity index (χ1n) is 6.69. The molecule has 1 unspecified atom stereocenters. The van der Waals surface area contributed by atoms with Crippen LogP contribution in [0, 0.1) is 0 Å². The number of rotatable bonds is 7. The molecule has 1 atom stereocenters. The maximum absolute atomic E-state index is 11.5. The summed E-state index contributed by atoms with van der Waals surface area (Å²) in [5.74, 6) is -0.517. The molecule has 0 radical (unpaired) electrons. The molecule has 4 heteroatoms. The molecule has 1 heterocycles. The third kappa shape index (κ3) is 3.61. The van der Waals surface area contributed by atoms with Crippen LogP contribution >= 0.6 is 11.3 Å². The molecule has 106 valence electrons. The fraction of sp³-hybridized carbons (Fsp3) is 0.312. The lowest BCUT2D eigenvalue weighted by Gasteiger charge is -2.14. The standard InChI is InChI=1S/C16H18O3S/c1-2-9-19-14-7-4-3-6-12(14)11-13(16(17)18)15-8-5-10-20-15/h3-8,10,13H,2,9,11H2,1H3,(H,17,18). The molecule has 0 fully saturated rings. The highest BCUT2D eigenvalue weighted by atomic mass is 32.1. The monoisotopic (exact) mass is 290 g/mol. The number of hydrogen-bond acceptors (Lipinski definition) is 3. The molecule has 0 aliphatic carbocycles. The van der Waals surface area contributed by atoms with Crippen LogP contribution in [0.5, 0.6) is 5.75 Å². The Hall–Kier alpha value is -1.81. The first kappa shape index (κ1) is 14.6. The molecule has 0 amide bonds. The summed E-state index contributed by atoms with van der Waals surface area (Å²) >= 11 is 1.48. The summed E-state index contributed by atoms with van der Waals surface area (Å²) in [5, 5.41) is 11.3. The predicted molar refractivity (Wildman–Crippen MR) is 80.6 cm³/mol. The van der Waals surface area contributed by atoms with Gasteiger partial charge in [0.05, 0.1) is 12.5 Å². The molecular formula is C16H18O3S. The fourth-order valence-corrected chi connectivity index (χ4v) is 2.86. The van der Waals surface area contributed by atoms with Crippen molar-refractivity contribution in [1.82, 2.24) is 0 Å². The van der Waals surface area contributed by atoms with E-state index in [-0.39, 0.29) is 0 Å². The Morgan fingerprint density at radius 1 is 1.30 bits per heavy atom. The number of carbonyl (C=O) groups is 1. The van der Waals surface area contributed by atoms with Gasteiger partial charge in [-0.25, -0.2) is 0 Å². The summed E-state index contributed by atoms with van der Waals surface area (Å²) in [4.78, 5) is 12.4. The highest BCUT2D eigenvalue weighted by Crippen LogP contribution is 2.29. The second kappa shape index (κ2) is 7.10. The minimum absolute atomic E-state index is 0.454. The normalized spacial score (nSPS) is 12.1. The van der Waals surface area contributed by atoms with E-state index in [1.807, 2.05) is 48.7 Å². The number of carboxylic acids is 1. The van der Waals surface area contributed by atoms with Gasteiger partial charge in [0.1, 0.15) is 5.75 Å². The van der Waals surface area contributed by atoms with Crippen LogP contribution in [0.1, 0.15) is 29.7 Å². The molecule has 0 bridgehead atoms. The molecular weight excluding hydrogens is 272 g/mol. The zero-order valence-electron chi connectivity index (χ0n) is 11.4. The number of thiophene rings is 1. The second-order valence-electron chi connectivity index (χ2n) is 4.57. The molecule has 0 saturated carbocycles. The molecule has 2 rings (SSSR count). The first-order valence-corrected chi connectivity index (χ1v) is 7.57. The average Bonchev–Trinajstić information content (AvgIpc) is 2.97. The summed E-state index contributed by atoms with van der Waals surface area (Å²) in [5.41, 5.74) is 0.946. The van der Waals surface area contributed by atoms with Gasteiger partial charge in [-0.05, 0) is 35.9 Å². The van der Waals surface area contributed by atoms with Crippen LogP contribution in [0.4, 0.5) is 0 Å². The molecule has 1 N–H and O–H groups in total. The Morgan fingerprint density at radius 3 is 2.75 bits per heavy atom. The van der Waals surface area contributed by atoms with Crippen molar-refractivity contribution in [3.8, 4) is 5.75 Å². The van der Waals surface area contributed by atoms with E-state index in [1.54, 1.807) is 0 Å². The third-order valence-corrected chi connectivity index (χ3v) is 4.03. The Morgan fingerprint density at radius 2 is 2.10 bits per heavy atom. The van der Waals surface area contributed by atoms with Crippen LogP contribution < -0.4 is 4.74 Å². The van der Waals surface area contributed by atoms with E-state index in [0.717, 1.165) is 22.6 Å². The van der Waals surface area contributed by atoms with Crippen LogP contribution in [-0.4, -0.2) is 17.7 Å². The van der Waals surface area contributed by atoms with Gasteiger partial charge in [0.25, 0.3) is 0 Å². The Labute approximate surface area is 122 Å². The molecule has 0 aliphatic rings. The lowest BCUT2D eigenvalue weighted by atomic mass is 9.97. The van der Waals surface area contributed by atoms with Crippen molar-refractivity contribution in [1.29, 1.82) is 0 Å². The lowest BCUT2D eigenvalue weighted by Crippen LogP contribution is -2.14. The quantitative estimate of drug-likeness (QED) is 0.840. The van der Waals surface area contributed by atoms with E-state index < -0.39 is 11.9 Å². The highest BCUT2D eigenvalue weighted by molar-refractivity contribution is 7.10. The number of carboxylic acid groups (broad SMARTS) is 1. The van der Waals surface area contributed by atoms with Gasteiger partial charge in [0.15, 0.2) is 0 Å². The predicted octanol–water partition coefficient (Wildman–Crippen LogP) is 3.95. The summed E-state index contributed by atoms with van der Waals surface area (Å²) in [6, 6.07) is 11.4.